The minimum Gasteiger partial charge on any atom is -0.477 e. The quantitative estimate of drug-likeness (QED) is 0.542. The van der Waals surface area contributed by atoms with Crippen LogP contribution >= 0.6 is 11.8 Å². The summed E-state index contributed by atoms with van der Waals surface area (Å²) in [5, 5.41) is 16.5. The number of nitriles is 1. The van der Waals surface area contributed by atoms with E-state index in [0.29, 0.717) is 17.9 Å². The van der Waals surface area contributed by atoms with Crippen molar-refractivity contribution in [3.8, 4) is 6.07 Å². The Morgan fingerprint density at radius 2 is 2.45 bits per heavy atom. The van der Waals surface area contributed by atoms with E-state index < -0.39 is 12.0 Å². The fourth-order valence-electron chi connectivity index (χ4n) is 0.415. The number of thioether (sulfide) groups is 1. The summed E-state index contributed by atoms with van der Waals surface area (Å²) in [4.78, 5) is 10.2. The molecule has 0 unspecified atom stereocenters. The average Bonchev–Trinajstić information content (AvgIpc) is 1.97. The summed E-state index contributed by atoms with van der Waals surface area (Å²) in [6, 6.07) is 1.43. The molecule has 0 saturated heterocycles. The molecule has 0 aliphatic rings. The van der Waals surface area contributed by atoms with Gasteiger partial charge in [0.1, 0.15) is 0 Å². The lowest BCUT2D eigenvalue weighted by Crippen LogP contribution is -2.66. The van der Waals surface area contributed by atoms with Crippen molar-refractivity contribution >= 4 is 17.7 Å². The molecule has 0 spiro atoms. The van der Waals surface area contributed by atoms with Crippen molar-refractivity contribution in [2.24, 2.45) is 0 Å². The summed E-state index contributed by atoms with van der Waals surface area (Å²) < 4.78 is 0. The highest BCUT2D eigenvalue weighted by Gasteiger charge is 2.14. The van der Waals surface area contributed by atoms with E-state index in [1.54, 1.807) is 0 Å². The van der Waals surface area contributed by atoms with Gasteiger partial charge in [0.25, 0.3) is 0 Å². The molecule has 0 amide bonds. The summed E-state index contributed by atoms with van der Waals surface area (Å²) in [5.74, 6) is 0.293. The summed E-state index contributed by atoms with van der Waals surface area (Å²) in [6.45, 7) is 0. The zero-order valence-corrected chi connectivity index (χ0v) is 6.93. The van der Waals surface area contributed by atoms with Crippen LogP contribution in [0, 0.1) is 11.3 Å². The van der Waals surface area contributed by atoms with E-state index in [1.807, 2.05) is 6.07 Å². The molecule has 0 heterocycles. The number of carboxylic acids is 1. The smallest absolute Gasteiger partial charge is 0.363 e. The fourth-order valence-corrected chi connectivity index (χ4v) is 1.24. The molecule has 0 radical (unpaired) electrons. The van der Waals surface area contributed by atoms with Crippen molar-refractivity contribution in [1.82, 2.24) is 0 Å². The van der Waals surface area contributed by atoms with Gasteiger partial charge in [-0.1, -0.05) is 0 Å². The van der Waals surface area contributed by atoms with Gasteiger partial charge in [-0.3, -0.25) is 0 Å². The highest BCUT2D eigenvalue weighted by Crippen LogP contribution is 2.02. The van der Waals surface area contributed by atoms with Crippen molar-refractivity contribution in [2.45, 2.75) is 12.5 Å². The highest BCUT2D eigenvalue weighted by molar-refractivity contribution is 7.99. The third kappa shape index (κ3) is 5.70. The number of aliphatic carboxylic acids is 1. The van der Waals surface area contributed by atoms with Crippen molar-refractivity contribution in [1.29, 1.82) is 5.26 Å². The fraction of sp³-hybridized carbons (Fsp3) is 0.667. The lowest BCUT2D eigenvalue weighted by Gasteiger charge is -2.00. The number of rotatable bonds is 5. The molecular formula is C6H11N2O2S+. The molecule has 0 rings (SSSR count). The monoisotopic (exact) mass is 175 g/mol. The summed E-state index contributed by atoms with van der Waals surface area (Å²) in [6.07, 6.45) is 0.469. The molecule has 0 aliphatic carbocycles. The Hall–Kier alpha value is -0.730. The van der Waals surface area contributed by atoms with Gasteiger partial charge in [0.2, 0.25) is 0 Å². The molecule has 4 nitrogen and oxygen atoms in total. The predicted octanol–water partition coefficient (Wildman–Crippen LogP) is -0.672. The van der Waals surface area contributed by atoms with E-state index in [4.69, 9.17) is 10.4 Å². The second kappa shape index (κ2) is 6.01. The number of quaternary nitrogens is 1. The molecule has 0 aromatic heterocycles. The maximum atomic E-state index is 10.2. The number of hydrogen-bond donors (Lipinski definition) is 2. The Bertz CT molecular complexity index is 166. The van der Waals surface area contributed by atoms with Gasteiger partial charge in [-0.15, -0.1) is 0 Å². The van der Waals surface area contributed by atoms with Crippen molar-refractivity contribution in [3.05, 3.63) is 0 Å². The lowest BCUT2D eigenvalue weighted by atomic mass is 10.4. The van der Waals surface area contributed by atoms with Crippen LogP contribution in [0.4, 0.5) is 0 Å². The first kappa shape index (κ1) is 10.3. The number of hydrogen-bond acceptors (Lipinski definition) is 3. The Morgan fingerprint density at radius 3 is 2.91 bits per heavy atom. The molecule has 0 aliphatic heterocycles. The van der Waals surface area contributed by atoms with Crippen LogP contribution < -0.4 is 5.73 Å². The number of nitrogens with zero attached hydrogens (tertiary/aromatic N) is 1. The molecule has 0 aromatic rings. The van der Waals surface area contributed by atoms with Crippen LogP contribution in [0.25, 0.3) is 0 Å². The zero-order chi connectivity index (χ0) is 8.69. The summed E-state index contributed by atoms with van der Waals surface area (Å²) >= 11 is 1.45. The Morgan fingerprint density at radius 1 is 1.82 bits per heavy atom. The number of carboxylic acid groups (broad SMARTS) is 1. The second-order valence-electron chi connectivity index (χ2n) is 2.02. The first-order chi connectivity index (χ1) is 5.18. The van der Waals surface area contributed by atoms with Gasteiger partial charge in [-0.2, -0.15) is 17.0 Å². The van der Waals surface area contributed by atoms with Gasteiger partial charge in [-0.25, -0.2) is 4.79 Å². The molecule has 0 bridgehead atoms. The molecule has 0 saturated carbocycles. The number of carbonyl (C=O) groups is 1. The molecule has 4 N–H and O–H groups in total. The van der Waals surface area contributed by atoms with Gasteiger partial charge < -0.3 is 10.8 Å². The first-order valence-electron chi connectivity index (χ1n) is 3.19. The van der Waals surface area contributed by atoms with Gasteiger partial charge in [-0.05, 0) is 0 Å². The minimum atomic E-state index is -0.880. The highest BCUT2D eigenvalue weighted by atomic mass is 32.2. The first-order valence-corrected chi connectivity index (χ1v) is 4.34. The summed E-state index contributed by atoms with van der Waals surface area (Å²) in [7, 11) is 0. The predicted molar refractivity (Wildman–Crippen MR) is 41.9 cm³/mol. The molecule has 5 heteroatoms. The molecule has 0 fully saturated rings. The van der Waals surface area contributed by atoms with E-state index in [-0.39, 0.29) is 0 Å². The van der Waals surface area contributed by atoms with Crippen molar-refractivity contribution in [3.63, 3.8) is 0 Å². The van der Waals surface area contributed by atoms with E-state index in [2.05, 4.69) is 5.73 Å². The van der Waals surface area contributed by atoms with Gasteiger partial charge in [0.15, 0.2) is 6.04 Å². The van der Waals surface area contributed by atoms with Crippen LogP contribution in [0.2, 0.25) is 0 Å². The largest absolute Gasteiger partial charge is 0.477 e. The van der Waals surface area contributed by atoms with Crippen LogP contribution in [-0.4, -0.2) is 28.6 Å². The Labute approximate surface area is 69.4 Å². The summed E-state index contributed by atoms with van der Waals surface area (Å²) in [5.41, 5.74) is 3.43. The molecule has 11 heavy (non-hydrogen) atoms. The topological polar surface area (TPSA) is 88.7 Å². The second-order valence-corrected chi connectivity index (χ2v) is 3.17. The van der Waals surface area contributed by atoms with E-state index in [1.165, 1.54) is 11.8 Å². The van der Waals surface area contributed by atoms with Crippen molar-refractivity contribution < 1.29 is 15.6 Å². The minimum absolute atomic E-state index is 0.469. The van der Waals surface area contributed by atoms with E-state index in [9.17, 15) is 4.79 Å². The average molecular weight is 175 g/mol. The van der Waals surface area contributed by atoms with E-state index in [0.717, 1.165) is 0 Å². The Balaban J connectivity index is 3.26. The SMILES string of the molecule is N#CCCSC[C@H]([NH3+])C(=O)O. The van der Waals surface area contributed by atoms with Crippen molar-refractivity contribution in [2.75, 3.05) is 11.5 Å². The van der Waals surface area contributed by atoms with Crippen LogP contribution in [0.3, 0.4) is 0 Å². The normalized spacial score (nSPS) is 12.0. The molecule has 1 atom stereocenters. The molecule has 62 valence electrons. The van der Waals surface area contributed by atoms with Crippen LogP contribution in [-0.2, 0) is 4.79 Å². The lowest BCUT2D eigenvalue weighted by molar-refractivity contribution is -0.400. The molecular weight excluding hydrogens is 164 g/mol. The Kier molecular flexibility index (Phi) is 5.61. The third-order valence-corrected chi connectivity index (χ3v) is 2.16. The third-order valence-electron chi connectivity index (χ3n) is 1.03. The van der Waals surface area contributed by atoms with Gasteiger partial charge in [0, 0.05) is 12.2 Å². The maximum Gasteiger partial charge on any atom is 0.363 e. The van der Waals surface area contributed by atoms with Crippen LogP contribution in [0.5, 0.6) is 0 Å². The van der Waals surface area contributed by atoms with Crippen LogP contribution in [0.1, 0.15) is 6.42 Å². The van der Waals surface area contributed by atoms with E-state index >= 15 is 0 Å². The van der Waals surface area contributed by atoms with Crippen LogP contribution in [0.15, 0.2) is 0 Å². The maximum absolute atomic E-state index is 10.2. The van der Waals surface area contributed by atoms with Gasteiger partial charge >= 0.3 is 5.97 Å². The molecule has 0 aromatic carbocycles. The zero-order valence-electron chi connectivity index (χ0n) is 6.12. The van der Waals surface area contributed by atoms with Gasteiger partial charge in [0.05, 0.1) is 11.8 Å². The standard InChI is InChI=1S/C6H10N2O2S/c7-2-1-3-11-4-5(8)6(9)10/h5H,1,3-4,8H2,(H,9,10)/p+1/t5-/m0/s1.